The van der Waals surface area contributed by atoms with Gasteiger partial charge in [-0.15, -0.1) is 0 Å². The van der Waals surface area contributed by atoms with E-state index in [4.69, 9.17) is 25.6 Å². The number of carbonyl (C=O) groups is 1. The summed E-state index contributed by atoms with van der Waals surface area (Å²) in [4.78, 5) is 15.3. The third kappa shape index (κ3) is 3.35. The molecular weight excluding hydrogens is 371 g/mol. The number of methoxy groups -OCH3 is 1. The summed E-state index contributed by atoms with van der Waals surface area (Å²) in [6.07, 6.45) is 0.368. The van der Waals surface area contributed by atoms with E-state index < -0.39 is 24.1 Å². The first-order valence-corrected chi connectivity index (χ1v) is 8.83. The largest absolute Gasteiger partial charge is 0.496 e. The van der Waals surface area contributed by atoms with Crippen molar-refractivity contribution in [1.82, 2.24) is 4.98 Å². The summed E-state index contributed by atoms with van der Waals surface area (Å²) in [6.45, 7) is 7.80. The molecular formula is C19H20BClFNO4. The van der Waals surface area contributed by atoms with Crippen LogP contribution in [0.15, 0.2) is 24.3 Å². The van der Waals surface area contributed by atoms with E-state index in [1.807, 2.05) is 27.7 Å². The number of benzene rings is 1. The maximum absolute atomic E-state index is 14.3. The van der Waals surface area contributed by atoms with Crippen LogP contribution in [0.3, 0.4) is 0 Å². The molecule has 1 aliphatic rings. The minimum absolute atomic E-state index is 0.0999. The Labute approximate surface area is 162 Å². The van der Waals surface area contributed by atoms with Crippen LogP contribution in [-0.4, -0.2) is 36.7 Å². The monoisotopic (exact) mass is 391 g/mol. The zero-order chi connectivity index (χ0) is 20.0. The highest BCUT2D eigenvalue weighted by Gasteiger charge is 2.52. The lowest BCUT2D eigenvalue weighted by atomic mass is 9.78. The first-order valence-electron chi connectivity index (χ1n) is 8.45. The predicted molar refractivity (Wildman–Crippen MR) is 102 cm³/mol. The summed E-state index contributed by atoms with van der Waals surface area (Å²) in [6, 6.07) is 6.42. The van der Waals surface area contributed by atoms with Gasteiger partial charge in [0.25, 0.3) is 0 Å². The van der Waals surface area contributed by atoms with Crippen molar-refractivity contribution >= 4 is 30.5 Å². The van der Waals surface area contributed by atoms with Crippen molar-refractivity contribution in [2.75, 3.05) is 7.11 Å². The number of pyridine rings is 1. The summed E-state index contributed by atoms with van der Waals surface area (Å²) in [5, 5.41) is 0.337. The van der Waals surface area contributed by atoms with Crippen LogP contribution < -0.4 is 10.2 Å². The molecule has 5 nitrogen and oxygen atoms in total. The predicted octanol–water partition coefficient (Wildman–Crippen LogP) is 3.66. The molecule has 0 amide bonds. The highest BCUT2D eigenvalue weighted by atomic mass is 35.5. The molecule has 8 heteroatoms. The molecule has 0 N–H and O–H groups in total. The van der Waals surface area contributed by atoms with E-state index in [0.717, 1.165) is 6.07 Å². The summed E-state index contributed by atoms with van der Waals surface area (Å²) in [5.41, 5.74) is 0.0802. The van der Waals surface area contributed by atoms with Crippen LogP contribution in [0.2, 0.25) is 5.02 Å². The molecule has 1 aromatic heterocycles. The van der Waals surface area contributed by atoms with Crippen LogP contribution >= 0.6 is 11.6 Å². The Morgan fingerprint density at radius 1 is 1.22 bits per heavy atom. The van der Waals surface area contributed by atoms with Gasteiger partial charge in [-0.1, -0.05) is 29.8 Å². The third-order valence-electron chi connectivity index (χ3n) is 5.10. The standard InChI is InChI=1S/C19H20BClFNO4/c1-18(2)19(3,4)27-20(26-18)13-8-6-7-11(16(13)21)15-9-14(22)12(10-24)17(23-15)25-5/h6-10H,1-5H3. The average molecular weight is 392 g/mol. The number of rotatable bonds is 4. The quantitative estimate of drug-likeness (QED) is 0.588. The molecule has 27 heavy (non-hydrogen) atoms. The number of aldehydes is 1. The van der Waals surface area contributed by atoms with E-state index in [9.17, 15) is 9.18 Å². The molecule has 0 bridgehead atoms. The van der Waals surface area contributed by atoms with Crippen molar-refractivity contribution in [2.24, 2.45) is 0 Å². The molecule has 0 spiro atoms. The molecule has 0 saturated carbocycles. The van der Waals surface area contributed by atoms with E-state index in [1.165, 1.54) is 7.11 Å². The SMILES string of the molecule is COc1nc(-c2cccc(B3OC(C)(C)C(C)(C)O3)c2Cl)cc(F)c1C=O. The van der Waals surface area contributed by atoms with Crippen LogP contribution in [0, 0.1) is 5.82 Å². The van der Waals surface area contributed by atoms with Crippen molar-refractivity contribution in [3.8, 4) is 17.1 Å². The topological polar surface area (TPSA) is 57.6 Å². The molecule has 2 heterocycles. The zero-order valence-electron chi connectivity index (χ0n) is 15.8. The average Bonchev–Trinajstić information content (AvgIpc) is 2.81. The van der Waals surface area contributed by atoms with Crippen LogP contribution in [0.25, 0.3) is 11.3 Å². The lowest BCUT2D eigenvalue weighted by Crippen LogP contribution is -2.41. The summed E-state index contributed by atoms with van der Waals surface area (Å²) in [5.74, 6) is -0.832. The summed E-state index contributed by atoms with van der Waals surface area (Å²) in [7, 11) is 0.657. The van der Waals surface area contributed by atoms with Crippen molar-refractivity contribution < 1.29 is 23.2 Å². The van der Waals surface area contributed by atoms with Gasteiger partial charge in [-0.05, 0) is 27.7 Å². The Morgan fingerprint density at radius 3 is 2.41 bits per heavy atom. The van der Waals surface area contributed by atoms with Crippen molar-refractivity contribution in [3.05, 3.63) is 40.7 Å². The fraction of sp³-hybridized carbons (Fsp3) is 0.368. The van der Waals surface area contributed by atoms with Gasteiger partial charge < -0.3 is 14.0 Å². The van der Waals surface area contributed by atoms with Gasteiger partial charge in [-0.2, -0.15) is 0 Å². The highest BCUT2D eigenvalue weighted by molar-refractivity contribution is 6.66. The number of hydrogen-bond donors (Lipinski definition) is 0. The zero-order valence-corrected chi connectivity index (χ0v) is 16.6. The minimum Gasteiger partial charge on any atom is -0.480 e. The summed E-state index contributed by atoms with van der Waals surface area (Å²) < 4.78 is 31.4. The molecule has 3 rings (SSSR count). The fourth-order valence-electron chi connectivity index (χ4n) is 2.80. The van der Waals surface area contributed by atoms with E-state index >= 15 is 0 Å². The molecule has 0 aliphatic carbocycles. The number of carbonyl (C=O) groups excluding carboxylic acids is 1. The van der Waals surface area contributed by atoms with Gasteiger partial charge >= 0.3 is 7.12 Å². The smallest absolute Gasteiger partial charge is 0.480 e. The van der Waals surface area contributed by atoms with E-state index in [-0.39, 0.29) is 17.1 Å². The Kier molecular flexibility index (Phi) is 5.05. The minimum atomic E-state index is -0.732. The van der Waals surface area contributed by atoms with Gasteiger partial charge in [-0.25, -0.2) is 9.37 Å². The number of halogens is 2. The molecule has 142 valence electrons. The second-order valence-corrected chi connectivity index (χ2v) is 7.71. The number of hydrogen-bond acceptors (Lipinski definition) is 5. The lowest BCUT2D eigenvalue weighted by molar-refractivity contribution is 0.00578. The number of ether oxygens (including phenoxy) is 1. The Bertz CT molecular complexity index is 888. The van der Waals surface area contributed by atoms with E-state index in [2.05, 4.69) is 4.98 Å². The van der Waals surface area contributed by atoms with Crippen molar-refractivity contribution in [2.45, 2.75) is 38.9 Å². The van der Waals surface area contributed by atoms with Gasteiger partial charge in [0, 0.05) is 22.1 Å². The first-order chi connectivity index (χ1) is 12.6. The molecule has 1 fully saturated rings. The molecule has 0 radical (unpaired) electrons. The molecule has 0 unspecified atom stereocenters. The second kappa shape index (κ2) is 6.89. The maximum atomic E-state index is 14.3. The van der Waals surface area contributed by atoms with E-state index in [1.54, 1.807) is 18.2 Å². The molecule has 0 atom stereocenters. The Morgan fingerprint density at radius 2 is 1.85 bits per heavy atom. The van der Waals surface area contributed by atoms with E-state index in [0.29, 0.717) is 22.3 Å². The summed E-state index contributed by atoms with van der Waals surface area (Å²) >= 11 is 6.60. The molecule has 1 aliphatic heterocycles. The lowest BCUT2D eigenvalue weighted by Gasteiger charge is -2.32. The highest BCUT2D eigenvalue weighted by Crippen LogP contribution is 2.38. The van der Waals surface area contributed by atoms with Gasteiger partial charge in [0.15, 0.2) is 6.29 Å². The molecule has 1 saturated heterocycles. The van der Waals surface area contributed by atoms with Crippen LogP contribution in [0.1, 0.15) is 38.1 Å². The van der Waals surface area contributed by atoms with Crippen LogP contribution in [0.5, 0.6) is 5.88 Å². The van der Waals surface area contributed by atoms with Crippen molar-refractivity contribution in [3.63, 3.8) is 0 Å². The van der Waals surface area contributed by atoms with Crippen molar-refractivity contribution in [1.29, 1.82) is 0 Å². The normalized spacial score (nSPS) is 17.8. The fourth-order valence-corrected chi connectivity index (χ4v) is 3.11. The van der Waals surface area contributed by atoms with Gasteiger partial charge in [0.05, 0.1) is 24.0 Å². The maximum Gasteiger partial charge on any atom is 0.496 e. The van der Waals surface area contributed by atoms with Gasteiger partial charge in [0.1, 0.15) is 11.4 Å². The van der Waals surface area contributed by atoms with Crippen LogP contribution in [0.4, 0.5) is 4.39 Å². The van der Waals surface area contributed by atoms with Gasteiger partial charge in [0.2, 0.25) is 5.88 Å². The number of aromatic nitrogens is 1. The second-order valence-electron chi connectivity index (χ2n) is 7.33. The molecule has 1 aromatic carbocycles. The van der Waals surface area contributed by atoms with Crippen LogP contribution in [-0.2, 0) is 9.31 Å². The molecule has 2 aromatic rings. The Balaban J connectivity index is 2.07. The first kappa shape index (κ1) is 19.8. The van der Waals surface area contributed by atoms with Gasteiger partial charge in [-0.3, -0.25) is 4.79 Å². The Hall–Kier alpha value is -1.96. The third-order valence-corrected chi connectivity index (χ3v) is 5.52. The number of nitrogens with zero attached hydrogens (tertiary/aromatic N) is 1.